The summed E-state index contributed by atoms with van der Waals surface area (Å²) in [4.78, 5) is 0. The van der Waals surface area contributed by atoms with Crippen molar-refractivity contribution in [2.75, 3.05) is 6.61 Å². The number of rotatable bonds is 6. The lowest BCUT2D eigenvalue weighted by atomic mass is 10.1. The summed E-state index contributed by atoms with van der Waals surface area (Å²) in [5, 5.41) is 18.4. The molecule has 0 amide bonds. The van der Waals surface area contributed by atoms with Crippen LogP contribution in [-0.2, 0) is 6.61 Å². The second-order valence-electron chi connectivity index (χ2n) is 4.96. The SMILES string of the molecule is CCOc1cc(C=C(C#N)C#N)cc(Br)c1OCc1cccc(Cl)c1. The molecule has 0 fully saturated rings. The Morgan fingerprint density at radius 3 is 2.60 bits per heavy atom. The van der Waals surface area contributed by atoms with E-state index in [4.69, 9.17) is 31.6 Å². The first-order valence-electron chi connectivity index (χ1n) is 7.42. The first-order chi connectivity index (χ1) is 12.1. The maximum absolute atomic E-state index is 8.90. The van der Waals surface area contributed by atoms with Gasteiger partial charge in [-0.05, 0) is 64.3 Å². The van der Waals surface area contributed by atoms with Gasteiger partial charge in [0, 0.05) is 5.02 Å². The standard InChI is InChI=1S/C19H14BrClN2O2/c1-2-24-18-9-14(6-15(10-22)11-23)8-17(20)19(18)25-12-13-4-3-5-16(21)7-13/h3-9H,2,12H2,1H3. The molecule has 126 valence electrons. The van der Waals surface area contributed by atoms with Crippen LogP contribution >= 0.6 is 27.5 Å². The smallest absolute Gasteiger partial charge is 0.175 e. The molecule has 0 saturated heterocycles. The number of nitriles is 2. The largest absolute Gasteiger partial charge is 0.490 e. The van der Waals surface area contributed by atoms with Gasteiger partial charge in [0.15, 0.2) is 11.5 Å². The topological polar surface area (TPSA) is 66.0 Å². The van der Waals surface area contributed by atoms with Crippen LogP contribution in [0.1, 0.15) is 18.1 Å². The quantitative estimate of drug-likeness (QED) is 0.581. The fourth-order valence-corrected chi connectivity index (χ4v) is 2.90. The Hall–Kier alpha value is -2.47. The summed E-state index contributed by atoms with van der Waals surface area (Å²) in [7, 11) is 0. The molecule has 6 heteroatoms. The number of hydrogen-bond donors (Lipinski definition) is 0. The van der Waals surface area contributed by atoms with Crippen LogP contribution < -0.4 is 9.47 Å². The lowest BCUT2D eigenvalue weighted by Crippen LogP contribution is -2.01. The molecule has 0 aliphatic carbocycles. The van der Waals surface area contributed by atoms with E-state index in [0.717, 1.165) is 5.56 Å². The highest BCUT2D eigenvalue weighted by molar-refractivity contribution is 9.10. The summed E-state index contributed by atoms with van der Waals surface area (Å²) in [6, 6.07) is 14.6. The Bertz CT molecular complexity index is 866. The van der Waals surface area contributed by atoms with Crippen molar-refractivity contribution in [3.63, 3.8) is 0 Å². The second-order valence-corrected chi connectivity index (χ2v) is 6.25. The van der Waals surface area contributed by atoms with Crippen LogP contribution in [0.4, 0.5) is 0 Å². The molecule has 0 aliphatic heterocycles. The van der Waals surface area contributed by atoms with Crippen molar-refractivity contribution in [2.45, 2.75) is 13.5 Å². The van der Waals surface area contributed by atoms with Crippen LogP contribution in [0.5, 0.6) is 11.5 Å². The highest BCUT2D eigenvalue weighted by atomic mass is 79.9. The summed E-state index contributed by atoms with van der Waals surface area (Å²) >= 11 is 9.45. The van der Waals surface area contributed by atoms with Crippen LogP contribution in [-0.4, -0.2) is 6.61 Å². The van der Waals surface area contributed by atoms with Gasteiger partial charge in [0.1, 0.15) is 24.3 Å². The first-order valence-corrected chi connectivity index (χ1v) is 8.60. The number of ether oxygens (including phenoxy) is 2. The Kier molecular flexibility index (Phi) is 6.89. The van der Waals surface area contributed by atoms with Gasteiger partial charge in [-0.1, -0.05) is 23.7 Å². The van der Waals surface area contributed by atoms with Gasteiger partial charge < -0.3 is 9.47 Å². The average molecular weight is 418 g/mol. The van der Waals surface area contributed by atoms with E-state index in [1.54, 1.807) is 18.2 Å². The molecule has 2 rings (SSSR count). The van der Waals surface area contributed by atoms with Crippen molar-refractivity contribution in [1.29, 1.82) is 10.5 Å². The van der Waals surface area contributed by atoms with Crippen molar-refractivity contribution in [2.24, 2.45) is 0 Å². The summed E-state index contributed by atoms with van der Waals surface area (Å²) in [5.74, 6) is 1.08. The number of allylic oxidation sites excluding steroid dienone is 1. The molecule has 0 heterocycles. The van der Waals surface area contributed by atoms with E-state index >= 15 is 0 Å². The average Bonchev–Trinajstić information content (AvgIpc) is 2.59. The van der Waals surface area contributed by atoms with Crippen molar-refractivity contribution < 1.29 is 9.47 Å². The predicted molar refractivity (Wildman–Crippen MR) is 100 cm³/mol. The van der Waals surface area contributed by atoms with Gasteiger partial charge >= 0.3 is 0 Å². The summed E-state index contributed by atoms with van der Waals surface area (Å²) < 4.78 is 12.2. The number of benzene rings is 2. The Labute approximate surface area is 160 Å². The van der Waals surface area contributed by atoms with E-state index in [2.05, 4.69) is 15.9 Å². The molecule has 0 spiro atoms. The molecular weight excluding hydrogens is 404 g/mol. The molecule has 0 bridgehead atoms. The van der Waals surface area contributed by atoms with Gasteiger partial charge in [-0.2, -0.15) is 10.5 Å². The number of halogens is 2. The number of nitrogens with zero attached hydrogens (tertiary/aromatic N) is 2. The van der Waals surface area contributed by atoms with E-state index in [-0.39, 0.29) is 5.57 Å². The molecule has 2 aromatic carbocycles. The van der Waals surface area contributed by atoms with Gasteiger partial charge in [-0.25, -0.2) is 0 Å². The summed E-state index contributed by atoms with van der Waals surface area (Å²) in [6.45, 7) is 2.65. The zero-order chi connectivity index (χ0) is 18.2. The predicted octanol–water partition coefficient (Wildman–Crippen LogP) is 5.51. The maximum Gasteiger partial charge on any atom is 0.175 e. The second kappa shape index (κ2) is 9.13. The van der Waals surface area contributed by atoms with Crippen molar-refractivity contribution >= 4 is 33.6 Å². The molecule has 0 aromatic heterocycles. The van der Waals surface area contributed by atoms with Gasteiger partial charge in [0.05, 0.1) is 11.1 Å². The molecule has 0 atom stereocenters. The van der Waals surface area contributed by atoms with Crippen molar-refractivity contribution in [3.8, 4) is 23.6 Å². The molecule has 0 radical (unpaired) electrons. The van der Waals surface area contributed by atoms with E-state index in [1.165, 1.54) is 6.08 Å². The van der Waals surface area contributed by atoms with Crippen LogP contribution in [0, 0.1) is 22.7 Å². The zero-order valence-corrected chi connectivity index (χ0v) is 15.8. The van der Waals surface area contributed by atoms with Gasteiger partial charge in [-0.15, -0.1) is 0 Å². The minimum absolute atomic E-state index is 0.0157. The van der Waals surface area contributed by atoms with E-state index < -0.39 is 0 Å². The zero-order valence-electron chi connectivity index (χ0n) is 13.4. The maximum atomic E-state index is 8.90. The lowest BCUT2D eigenvalue weighted by Gasteiger charge is -2.15. The van der Waals surface area contributed by atoms with Gasteiger partial charge in [-0.3, -0.25) is 0 Å². The minimum Gasteiger partial charge on any atom is -0.490 e. The minimum atomic E-state index is 0.0157. The van der Waals surface area contributed by atoms with Crippen LogP contribution in [0.3, 0.4) is 0 Å². The third-order valence-electron chi connectivity index (χ3n) is 3.16. The molecule has 25 heavy (non-hydrogen) atoms. The third kappa shape index (κ3) is 5.26. The lowest BCUT2D eigenvalue weighted by molar-refractivity contribution is 0.267. The molecule has 4 nitrogen and oxygen atoms in total. The summed E-state index contributed by atoms with van der Waals surface area (Å²) in [6.07, 6.45) is 1.49. The molecule has 0 aliphatic rings. The first kappa shape index (κ1) is 18.9. The fourth-order valence-electron chi connectivity index (χ4n) is 2.11. The Morgan fingerprint density at radius 1 is 1.20 bits per heavy atom. The highest BCUT2D eigenvalue weighted by Crippen LogP contribution is 2.38. The summed E-state index contributed by atoms with van der Waals surface area (Å²) in [5.41, 5.74) is 1.62. The van der Waals surface area contributed by atoms with Crippen LogP contribution in [0.15, 0.2) is 46.4 Å². The molecule has 0 unspecified atom stereocenters. The third-order valence-corrected chi connectivity index (χ3v) is 3.98. The molecule has 0 N–H and O–H groups in total. The monoisotopic (exact) mass is 416 g/mol. The molecule has 2 aromatic rings. The van der Waals surface area contributed by atoms with Gasteiger partial charge in [0.25, 0.3) is 0 Å². The Balaban J connectivity index is 2.32. The van der Waals surface area contributed by atoms with E-state index in [9.17, 15) is 0 Å². The highest BCUT2D eigenvalue weighted by Gasteiger charge is 2.12. The Morgan fingerprint density at radius 2 is 1.96 bits per heavy atom. The van der Waals surface area contributed by atoms with Crippen LogP contribution in [0.2, 0.25) is 5.02 Å². The van der Waals surface area contributed by atoms with Gasteiger partial charge in [0.2, 0.25) is 0 Å². The van der Waals surface area contributed by atoms with Crippen molar-refractivity contribution in [1.82, 2.24) is 0 Å². The van der Waals surface area contributed by atoms with Crippen molar-refractivity contribution in [3.05, 3.63) is 62.6 Å². The fraction of sp³-hybridized carbons (Fsp3) is 0.158. The molecule has 0 saturated carbocycles. The van der Waals surface area contributed by atoms with Crippen LogP contribution in [0.25, 0.3) is 6.08 Å². The van der Waals surface area contributed by atoms with E-state index in [0.29, 0.717) is 39.8 Å². The number of hydrogen-bond acceptors (Lipinski definition) is 4. The molecular formula is C19H14BrClN2O2. The normalized spacial score (nSPS) is 9.64. The van der Waals surface area contributed by atoms with E-state index in [1.807, 2.05) is 37.3 Å².